The van der Waals surface area contributed by atoms with Crippen molar-refractivity contribution in [1.82, 2.24) is 34.5 Å². The highest BCUT2D eigenvalue weighted by Gasteiger charge is 2.22. The third-order valence-corrected chi connectivity index (χ3v) is 4.05. The second-order valence-corrected chi connectivity index (χ2v) is 6.60. The van der Waals surface area contributed by atoms with Gasteiger partial charge in [-0.05, 0) is 26.2 Å². The van der Waals surface area contributed by atoms with Crippen LogP contribution in [0.4, 0.5) is 5.82 Å². The van der Waals surface area contributed by atoms with Crippen LogP contribution >= 0.6 is 0 Å². The predicted octanol–water partition coefficient (Wildman–Crippen LogP) is 2.31. The zero-order valence-electron chi connectivity index (χ0n) is 15.1. The molecule has 0 spiro atoms. The van der Waals surface area contributed by atoms with E-state index in [1.54, 1.807) is 15.7 Å². The van der Waals surface area contributed by atoms with Gasteiger partial charge in [0.25, 0.3) is 0 Å². The lowest BCUT2D eigenvalue weighted by Gasteiger charge is -2.21. The number of aryl methyl sites for hydroxylation is 4. The summed E-state index contributed by atoms with van der Waals surface area (Å²) in [5.74, 6) is 2.92. The number of anilines is 1. The fourth-order valence-electron chi connectivity index (χ4n) is 3.04. The summed E-state index contributed by atoms with van der Waals surface area (Å²) in [6.07, 6.45) is 2.51. The van der Waals surface area contributed by atoms with E-state index in [1.807, 2.05) is 27.9 Å². The van der Waals surface area contributed by atoms with Crippen molar-refractivity contribution in [3.8, 4) is 0 Å². The Morgan fingerprint density at radius 2 is 1.88 bits per heavy atom. The summed E-state index contributed by atoms with van der Waals surface area (Å²) in [5, 5.41) is 13.2. The largest absolute Gasteiger partial charge is 0.359 e. The normalized spacial score (nSPS) is 13.0. The molecule has 8 heteroatoms. The molecular weight excluding hydrogens is 304 g/mol. The van der Waals surface area contributed by atoms with E-state index in [-0.39, 0.29) is 6.04 Å². The van der Waals surface area contributed by atoms with E-state index < -0.39 is 0 Å². The van der Waals surface area contributed by atoms with Gasteiger partial charge in [0.05, 0.1) is 17.1 Å². The van der Waals surface area contributed by atoms with E-state index >= 15 is 0 Å². The summed E-state index contributed by atoms with van der Waals surface area (Å²) >= 11 is 0. The minimum Gasteiger partial charge on any atom is -0.359 e. The standard InChI is InChI=1S/C16H24N8/c1-9(2)7-12(15-17-8-18-23(15)5)21-14-13-10(3)22-24(6)16(13)20-11(4)19-14/h8-9,12H,7H2,1-6H3,(H,19,20,21). The Balaban J connectivity index is 2.07. The van der Waals surface area contributed by atoms with Crippen LogP contribution in [0.25, 0.3) is 11.0 Å². The Morgan fingerprint density at radius 3 is 2.50 bits per heavy atom. The summed E-state index contributed by atoms with van der Waals surface area (Å²) in [6, 6.07) is 0.0228. The SMILES string of the molecule is Cc1nc(NC(CC(C)C)c2ncnn2C)c2c(C)nn(C)c2n1. The van der Waals surface area contributed by atoms with Gasteiger partial charge in [-0.15, -0.1) is 0 Å². The molecule has 8 nitrogen and oxygen atoms in total. The number of hydrogen-bond acceptors (Lipinski definition) is 6. The van der Waals surface area contributed by atoms with Gasteiger partial charge in [0.1, 0.15) is 23.8 Å². The highest BCUT2D eigenvalue weighted by molar-refractivity contribution is 5.89. The topological polar surface area (TPSA) is 86.3 Å². The van der Waals surface area contributed by atoms with Crippen LogP contribution in [0.5, 0.6) is 0 Å². The Kier molecular flexibility index (Phi) is 4.21. The Labute approximate surface area is 141 Å². The van der Waals surface area contributed by atoms with Crippen molar-refractivity contribution in [3.63, 3.8) is 0 Å². The van der Waals surface area contributed by atoms with E-state index in [4.69, 9.17) is 0 Å². The summed E-state index contributed by atoms with van der Waals surface area (Å²) in [6.45, 7) is 8.26. The molecular formula is C16H24N8. The van der Waals surface area contributed by atoms with Gasteiger partial charge in [-0.1, -0.05) is 13.8 Å². The molecule has 0 fully saturated rings. The zero-order chi connectivity index (χ0) is 17.4. The molecule has 0 radical (unpaired) electrons. The lowest BCUT2D eigenvalue weighted by atomic mass is 10.0. The number of fused-ring (bicyclic) bond motifs is 1. The van der Waals surface area contributed by atoms with Crippen LogP contribution in [-0.4, -0.2) is 34.5 Å². The number of nitrogens with zero attached hydrogens (tertiary/aromatic N) is 7. The summed E-state index contributed by atoms with van der Waals surface area (Å²) in [7, 11) is 3.81. The van der Waals surface area contributed by atoms with Gasteiger partial charge in [-0.3, -0.25) is 9.36 Å². The molecule has 0 aliphatic rings. The molecule has 3 rings (SSSR count). The van der Waals surface area contributed by atoms with E-state index in [0.29, 0.717) is 11.7 Å². The molecule has 1 atom stereocenters. The van der Waals surface area contributed by atoms with E-state index in [2.05, 4.69) is 44.3 Å². The third-order valence-electron chi connectivity index (χ3n) is 4.05. The number of nitrogens with one attached hydrogen (secondary N) is 1. The van der Waals surface area contributed by atoms with Crippen molar-refractivity contribution in [2.45, 2.75) is 40.2 Å². The van der Waals surface area contributed by atoms with Gasteiger partial charge >= 0.3 is 0 Å². The smallest absolute Gasteiger partial charge is 0.163 e. The van der Waals surface area contributed by atoms with Gasteiger partial charge in [0.15, 0.2) is 5.65 Å². The maximum Gasteiger partial charge on any atom is 0.163 e. The minimum absolute atomic E-state index is 0.0228. The van der Waals surface area contributed by atoms with Gasteiger partial charge in [-0.2, -0.15) is 10.2 Å². The predicted molar refractivity (Wildman–Crippen MR) is 92.6 cm³/mol. The fraction of sp³-hybridized carbons (Fsp3) is 0.562. The molecule has 3 aromatic heterocycles. The van der Waals surface area contributed by atoms with Crippen LogP contribution in [0.3, 0.4) is 0 Å². The molecule has 3 heterocycles. The van der Waals surface area contributed by atoms with Crippen LogP contribution in [0.1, 0.15) is 43.7 Å². The first-order valence-corrected chi connectivity index (χ1v) is 8.15. The molecule has 128 valence electrons. The first-order chi connectivity index (χ1) is 11.4. The second kappa shape index (κ2) is 6.18. The second-order valence-electron chi connectivity index (χ2n) is 6.60. The lowest BCUT2D eigenvalue weighted by Crippen LogP contribution is -2.19. The van der Waals surface area contributed by atoms with Crippen molar-refractivity contribution < 1.29 is 0 Å². The highest BCUT2D eigenvalue weighted by atomic mass is 15.3. The Hall–Kier alpha value is -2.51. The molecule has 0 bridgehead atoms. The summed E-state index contributed by atoms with van der Waals surface area (Å²) < 4.78 is 3.60. The molecule has 0 saturated carbocycles. The molecule has 0 aromatic carbocycles. The first-order valence-electron chi connectivity index (χ1n) is 8.15. The first kappa shape index (κ1) is 16.4. The maximum atomic E-state index is 4.63. The molecule has 0 amide bonds. The number of rotatable bonds is 5. The molecule has 0 saturated heterocycles. The quantitative estimate of drug-likeness (QED) is 0.773. The third kappa shape index (κ3) is 2.95. The average Bonchev–Trinajstić information content (AvgIpc) is 3.02. The van der Waals surface area contributed by atoms with Crippen molar-refractivity contribution >= 4 is 16.9 Å². The monoisotopic (exact) mass is 328 g/mol. The summed E-state index contributed by atoms with van der Waals surface area (Å²) in [5.41, 5.74) is 1.75. The maximum absolute atomic E-state index is 4.63. The van der Waals surface area contributed by atoms with Gasteiger partial charge in [0, 0.05) is 14.1 Å². The average molecular weight is 328 g/mol. The fourth-order valence-corrected chi connectivity index (χ4v) is 3.04. The Bertz CT molecular complexity index is 860. The van der Waals surface area contributed by atoms with E-state index in [9.17, 15) is 0 Å². The Morgan fingerprint density at radius 1 is 1.12 bits per heavy atom. The van der Waals surface area contributed by atoms with E-state index in [1.165, 1.54) is 0 Å². The van der Waals surface area contributed by atoms with Crippen LogP contribution < -0.4 is 5.32 Å². The van der Waals surface area contributed by atoms with Crippen LogP contribution in [-0.2, 0) is 14.1 Å². The molecule has 24 heavy (non-hydrogen) atoms. The van der Waals surface area contributed by atoms with Crippen molar-refractivity contribution in [2.24, 2.45) is 20.0 Å². The van der Waals surface area contributed by atoms with Crippen LogP contribution in [0.2, 0.25) is 0 Å². The molecule has 0 aliphatic heterocycles. The van der Waals surface area contributed by atoms with Crippen molar-refractivity contribution in [3.05, 3.63) is 23.7 Å². The molecule has 1 unspecified atom stereocenters. The highest BCUT2D eigenvalue weighted by Crippen LogP contribution is 2.29. The van der Waals surface area contributed by atoms with Crippen LogP contribution in [0, 0.1) is 19.8 Å². The minimum atomic E-state index is 0.0228. The molecule has 1 N–H and O–H groups in total. The van der Waals surface area contributed by atoms with Gasteiger partial charge in [-0.25, -0.2) is 15.0 Å². The van der Waals surface area contributed by atoms with E-state index in [0.717, 1.165) is 34.8 Å². The van der Waals surface area contributed by atoms with Gasteiger partial charge < -0.3 is 5.32 Å². The van der Waals surface area contributed by atoms with Gasteiger partial charge in [0.2, 0.25) is 0 Å². The van der Waals surface area contributed by atoms with Crippen molar-refractivity contribution in [2.75, 3.05) is 5.32 Å². The lowest BCUT2D eigenvalue weighted by molar-refractivity contribution is 0.497. The molecule has 0 aliphatic carbocycles. The number of hydrogen-bond donors (Lipinski definition) is 1. The summed E-state index contributed by atoms with van der Waals surface area (Å²) in [4.78, 5) is 13.6. The van der Waals surface area contributed by atoms with Crippen molar-refractivity contribution in [1.29, 1.82) is 0 Å². The van der Waals surface area contributed by atoms with Crippen LogP contribution in [0.15, 0.2) is 6.33 Å². The number of aromatic nitrogens is 7. The zero-order valence-corrected chi connectivity index (χ0v) is 15.1. The molecule has 3 aromatic rings.